The van der Waals surface area contributed by atoms with Crippen molar-refractivity contribution in [1.82, 2.24) is 9.80 Å². The van der Waals surface area contributed by atoms with Gasteiger partial charge in [-0.05, 0) is 37.1 Å². The molecule has 2 aromatic carbocycles. The fraction of sp³-hybridized carbons (Fsp3) is 0.417. The molecule has 0 N–H and O–H groups in total. The molecule has 1 saturated heterocycles. The van der Waals surface area contributed by atoms with Crippen LogP contribution in [0.25, 0.3) is 0 Å². The van der Waals surface area contributed by atoms with E-state index in [2.05, 4.69) is 41.0 Å². The molecule has 0 radical (unpaired) electrons. The highest BCUT2D eigenvalue weighted by Gasteiger charge is 2.24. The first-order chi connectivity index (χ1) is 14.6. The Labute approximate surface area is 179 Å². The van der Waals surface area contributed by atoms with Crippen molar-refractivity contribution in [3.05, 3.63) is 65.7 Å². The van der Waals surface area contributed by atoms with Gasteiger partial charge in [-0.2, -0.15) is 0 Å². The van der Waals surface area contributed by atoms with Crippen LogP contribution in [-0.2, 0) is 20.9 Å². The van der Waals surface area contributed by atoms with Crippen LogP contribution in [0.4, 0.5) is 5.69 Å². The van der Waals surface area contributed by atoms with Crippen LogP contribution >= 0.6 is 0 Å². The van der Waals surface area contributed by atoms with Crippen LogP contribution in [0.2, 0.25) is 0 Å². The van der Waals surface area contributed by atoms with E-state index in [1.807, 2.05) is 30.3 Å². The van der Waals surface area contributed by atoms with Crippen molar-refractivity contribution in [3.63, 3.8) is 0 Å². The molecule has 0 aliphatic carbocycles. The van der Waals surface area contributed by atoms with E-state index >= 15 is 0 Å². The van der Waals surface area contributed by atoms with Gasteiger partial charge < -0.3 is 9.64 Å². The van der Waals surface area contributed by atoms with Gasteiger partial charge in [0, 0.05) is 38.4 Å². The third-order valence-electron chi connectivity index (χ3n) is 5.44. The zero-order chi connectivity index (χ0) is 21.3. The summed E-state index contributed by atoms with van der Waals surface area (Å²) in [5.74, 6) is -0.473. The molecule has 1 fully saturated rings. The van der Waals surface area contributed by atoms with Crippen molar-refractivity contribution in [1.29, 1.82) is 0 Å². The molecule has 160 valence electrons. The molecule has 1 heterocycles. The molecular weight excluding hydrogens is 378 g/mol. The standard InChI is InChI=1S/C24H31N3O3/c1-3-30-24(29)19-27(22-11-5-4-6-12-22)23(28)18-26-15-13-25(14-16-26)17-21-10-8-7-9-20(21)2/h4-12H,3,13-19H2,1-2H3. The first-order valence-electron chi connectivity index (χ1n) is 10.6. The van der Waals surface area contributed by atoms with E-state index in [0.717, 1.165) is 32.7 Å². The number of rotatable bonds is 8. The summed E-state index contributed by atoms with van der Waals surface area (Å²) in [7, 11) is 0. The van der Waals surface area contributed by atoms with Gasteiger partial charge >= 0.3 is 5.97 Å². The van der Waals surface area contributed by atoms with Crippen LogP contribution < -0.4 is 4.90 Å². The number of hydrogen-bond donors (Lipinski definition) is 0. The fourth-order valence-corrected chi connectivity index (χ4v) is 3.68. The van der Waals surface area contributed by atoms with Crippen LogP contribution in [0.5, 0.6) is 0 Å². The summed E-state index contributed by atoms with van der Waals surface area (Å²) in [6, 6.07) is 17.8. The number of ether oxygens (including phenoxy) is 1. The Hall–Kier alpha value is -2.70. The van der Waals surface area contributed by atoms with Gasteiger partial charge in [-0.1, -0.05) is 42.5 Å². The maximum Gasteiger partial charge on any atom is 0.326 e. The zero-order valence-corrected chi connectivity index (χ0v) is 17.9. The van der Waals surface area contributed by atoms with E-state index in [1.54, 1.807) is 6.92 Å². The first-order valence-corrected chi connectivity index (χ1v) is 10.6. The van der Waals surface area contributed by atoms with E-state index in [1.165, 1.54) is 16.0 Å². The molecule has 1 aliphatic heterocycles. The molecule has 2 aromatic rings. The van der Waals surface area contributed by atoms with E-state index in [0.29, 0.717) is 18.8 Å². The van der Waals surface area contributed by atoms with Gasteiger partial charge in [0.1, 0.15) is 6.54 Å². The highest BCUT2D eigenvalue weighted by molar-refractivity contribution is 5.98. The lowest BCUT2D eigenvalue weighted by molar-refractivity contribution is -0.142. The van der Waals surface area contributed by atoms with E-state index in [9.17, 15) is 9.59 Å². The first kappa shape index (κ1) is 22.0. The zero-order valence-electron chi connectivity index (χ0n) is 17.9. The second-order valence-electron chi connectivity index (χ2n) is 7.60. The Morgan fingerprint density at radius 2 is 1.57 bits per heavy atom. The minimum absolute atomic E-state index is 0.0655. The van der Waals surface area contributed by atoms with Crippen molar-refractivity contribution in [2.45, 2.75) is 20.4 Å². The minimum atomic E-state index is -0.391. The number of esters is 1. The Balaban J connectivity index is 1.56. The second kappa shape index (κ2) is 10.9. The van der Waals surface area contributed by atoms with Gasteiger partial charge in [0.15, 0.2) is 0 Å². The molecule has 0 atom stereocenters. The highest BCUT2D eigenvalue weighted by atomic mass is 16.5. The predicted molar refractivity (Wildman–Crippen MR) is 118 cm³/mol. The van der Waals surface area contributed by atoms with Gasteiger partial charge in [-0.3, -0.25) is 19.4 Å². The average Bonchev–Trinajstić information content (AvgIpc) is 2.76. The molecule has 0 bridgehead atoms. The largest absolute Gasteiger partial charge is 0.465 e. The van der Waals surface area contributed by atoms with Crippen molar-refractivity contribution in [2.24, 2.45) is 0 Å². The number of carbonyl (C=O) groups excluding carboxylic acids is 2. The number of amides is 1. The number of hydrogen-bond acceptors (Lipinski definition) is 5. The number of para-hydroxylation sites is 1. The normalized spacial score (nSPS) is 15.0. The molecule has 1 aliphatic rings. The fourth-order valence-electron chi connectivity index (χ4n) is 3.68. The Bertz CT molecular complexity index is 833. The number of piperazine rings is 1. The summed E-state index contributed by atoms with van der Waals surface area (Å²) < 4.78 is 5.06. The van der Waals surface area contributed by atoms with Crippen LogP contribution in [0.3, 0.4) is 0 Å². The maximum absolute atomic E-state index is 13.0. The van der Waals surface area contributed by atoms with E-state index in [-0.39, 0.29) is 12.5 Å². The Kier molecular flexibility index (Phi) is 7.99. The van der Waals surface area contributed by atoms with Crippen molar-refractivity contribution >= 4 is 17.6 Å². The van der Waals surface area contributed by atoms with Crippen molar-refractivity contribution in [2.75, 3.05) is 50.8 Å². The molecule has 1 amide bonds. The molecule has 3 rings (SSSR count). The van der Waals surface area contributed by atoms with Crippen LogP contribution in [0.1, 0.15) is 18.1 Å². The Morgan fingerprint density at radius 1 is 0.933 bits per heavy atom. The molecule has 0 unspecified atom stereocenters. The lowest BCUT2D eigenvalue weighted by Gasteiger charge is -2.35. The summed E-state index contributed by atoms with van der Waals surface area (Å²) in [4.78, 5) is 31.2. The highest BCUT2D eigenvalue weighted by Crippen LogP contribution is 2.16. The van der Waals surface area contributed by atoms with Gasteiger partial charge in [0.05, 0.1) is 13.2 Å². The molecule has 6 nitrogen and oxygen atoms in total. The number of aryl methyl sites for hydroxylation is 1. The topological polar surface area (TPSA) is 53.1 Å². The molecule has 0 saturated carbocycles. The van der Waals surface area contributed by atoms with Crippen LogP contribution in [-0.4, -0.2) is 67.6 Å². The summed E-state index contributed by atoms with van der Waals surface area (Å²) in [5, 5.41) is 0. The number of anilines is 1. The number of nitrogens with zero attached hydrogens (tertiary/aromatic N) is 3. The SMILES string of the molecule is CCOC(=O)CN(C(=O)CN1CCN(Cc2ccccc2C)CC1)c1ccccc1. The third kappa shape index (κ3) is 6.15. The number of carbonyl (C=O) groups is 2. The minimum Gasteiger partial charge on any atom is -0.465 e. The summed E-state index contributed by atoms with van der Waals surface area (Å²) >= 11 is 0. The lowest BCUT2D eigenvalue weighted by atomic mass is 10.1. The van der Waals surface area contributed by atoms with Gasteiger partial charge in [-0.25, -0.2) is 0 Å². The molecule has 6 heteroatoms. The molecule has 0 aromatic heterocycles. The monoisotopic (exact) mass is 409 g/mol. The molecular formula is C24H31N3O3. The summed E-state index contributed by atoms with van der Waals surface area (Å²) in [5.41, 5.74) is 3.38. The van der Waals surface area contributed by atoms with E-state index in [4.69, 9.17) is 4.74 Å². The average molecular weight is 410 g/mol. The number of benzene rings is 2. The smallest absolute Gasteiger partial charge is 0.326 e. The predicted octanol–water partition coefficient (Wildman–Crippen LogP) is 2.71. The van der Waals surface area contributed by atoms with Gasteiger partial charge in [-0.15, -0.1) is 0 Å². The van der Waals surface area contributed by atoms with E-state index < -0.39 is 5.97 Å². The lowest BCUT2D eigenvalue weighted by Crippen LogP contribution is -2.50. The maximum atomic E-state index is 13.0. The quantitative estimate of drug-likeness (QED) is 0.628. The second-order valence-corrected chi connectivity index (χ2v) is 7.60. The van der Waals surface area contributed by atoms with Crippen LogP contribution in [0.15, 0.2) is 54.6 Å². The van der Waals surface area contributed by atoms with Gasteiger partial charge in [0.25, 0.3) is 0 Å². The molecule has 30 heavy (non-hydrogen) atoms. The van der Waals surface area contributed by atoms with Gasteiger partial charge in [0.2, 0.25) is 5.91 Å². The summed E-state index contributed by atoms with van der Waals surface area (Å²) in [6.45, 7) is 8.90. The van der Waals surface area contributed by atoms with Crippen LogP contribution in [0, 0.1) is 6.92 Å². The summed E-state index contributed by atoms with van der Waals surface area (Å²) in [6.07, 6.45) is 0. The Morgan fingerprint density at radius 3 is 2.23 bits per heavy atom. The molecule has 0 spiro atoms. The van der Waals surface area contributed by atoms with Crippen molar-refractivity contribution in [3.8, 4) is 0 Å². The van der Waals surface area contributed by atoms with Crippen molar-refractivity contribution < 1.29 is 14.3 Å². The third-order valence-corrected chi connectivity index (χ3v) is 5.44.